The predicted octanol–water partition coefficient (Wildman–Crippen LogP) is 5.78. The fourth-order valence-corrected chi connectivity index (χ4v) is 4.40. The second-order valence-corrected chi connectivity index (χ2v) is 7.85. The molecule has 1 aromatic heterocycles. The smallest absolute Gasteiger partial charge is 0.329 e. The van der Waals surface area contributed by atoms with Crippen molar-refractivity contribution in [2.75, 3.05) is 6.54 Å². The zero-order valence-corrected chi connectivity index (χ0v) is 17.5. The highest BCUT2D eigenvalue weighted by Crippen LogP contribution is 2.37. The van der Waals surface area contributed by atoms with Gasteiger partial charge in [0.1, 0.15) is 16.2 Å². The van der Waals surface area contributed by atoms with Crippen molar-refractivity contribution < 1.29 is 22.4 Å². The summed E-state index contributed by atoms with van der Waals surface area (Å²) in [6.45, 7) is 0.740. The van der Waals surface area contributed by atoms with Gasteiger partial charge in [-0.15, -0.1) is 0 Å². The Morgan fingerprint density at radius 2 is 1.80 bits per heavy atom. The molecule has 30 heavy (non-hydrogen) atoms. The van der Waals surface area contributed by atoms with Crippen LogP contribution < -0.4 is 0 Å². The summed E-state index contributed by atoms with van der Waals surface area (Å²) in [5.74, 6) is -0.397. The lowest BCUT2D eigenvalue weighted by Crippen LogP contribution is -2.38. The molecule has 0 aliphatic carbocycles. The van der Waals surface area contributed by atoms with Gasteiger partial charge in [0.25, 0.3) is 5.91 Å². The number of imidazole rings is 1. The van der Waals surface area contributed by atoms with Crippen molar-refractivity contribution in [1.29, 1.82) is 0 Å². The molecule has 3 aromatic rings. The lowest BCUT2D eigenvalue weighted by atomic mass is 10.1. The predicted molar refractivity (Wildman–Crippen MR) is 107 cm³/mol. The molecule has 0 unspecified atom stereocenters. The van der Waals surface area contributed by atoms with Crippen LogP contribution in [-0.4, -0.2) is 26.9 Å². The van der Waals surface area contributed by atoms with Gasteiger partial charge in [0.2, 0.25) is 0 Å². The van der Waals surface area contributed by atoms with Crippen molar-refractivity contribution >= 4 is 33.4 Å². The molecule has 0 atom stereocenters. The summed E-state index contributed by atoms with van der Waals surface area (Å²) in [5.41, 5.74) is 0.246. The Kier molecular flexibility index (Phi) is 5.36. The van der Waals surface area contributed by atoms with E-state index >= 15 is 0 Å². The van der Waals surface area contributed by atoms with Crippen LogP contribution in [-0.2, 0) is 19.3 Å². The third kappa shape index (κ3) is 3.72. The highest BCUT2D eigenvalue weighted by molar-refractivity contribution is 9.10. The minimum absolute atomic E-state index is 0.102. The molecule has 2 aromatic carbocycles. The molecule has 0 spiro atoms. The highest BCUT2D eigenvalue weighted by Gasteiger charge is 2.36. The topological polar surface area (TPSA) is 38.1 Å². The van der Waals surface area contributed by atoms with Crippen LogP contribution in [0.4, 0.5) is 17.6 Å². The average molecular weight is 503 g/mol. The first-order chi connectivity index (χ1) is 14.2. The molecule has 1 aliphatic rings. The number of carbonyl (C=O) groups is 1. The fourth-order valence-electron chi connectivity index (χ4n) is 3.44. The van der Waals surface area contributed by atoms with Gasteiger partial charge in [-0.2, -0.15) is 13.2 Å². The quantitative estimate of drug-likeness (QED) is 0.417. The van der Waals surface area contributed by atoms with E-state index in [1.807, 2.05) is 4.57 Å². The van der Waals surface area contributed by atoms with E-state index in [0.29, 0.717) is 17.0 Å². The molecule has 1 amide bonds. The molecule has 4 rings (SSSR count). The van der Waals surface area contributed by atoms with Crippen LogP contribution in [0.15, 0.2) is 47.1 Å². The fraction of sp³-hybridized carbons (Fsp3) is 0.200. The second-order valence-electron chi connectivity index (χ2n) is 6.72. The van der Waals surface area contributed by atoms with E-state index in [1.54, 1.807) is 12.1 Å². The Hall–Kier alpha value is -2.39. The summed E-state index contributed by atoms with van der Waals surface area (Å²) >= 11 is 9.31. The van der Waals surface area contributed by atoms with Crippen LogP contribution in [0.1, 0.15) is 21.7 Å². The van der Waals surface area contributed by atoms with Crippen molar-refractivity contribution in [2.45, 2.75) is 19.3 Å². The molecule has 10 heteroatoms. The lowest BCUT2D eigenvalue weighted by Gasteiger charge is -2.29. The molecule has 1 aliphatic heterocycles. The summed E-state index contributed by atoms with van der Waals surface area (Å²) in [5, 5.41) is -0.614. The number of amides is 1. The van der Waals surface area contributed by atoms with Gasteiger partial charge in [-0.25, -0.2) is 9.37 Å². The Bertz CT molecular complexity index is 1130. The minimum Gasteiger partial charge on any atom is -0.329 e. The molecular formula is C20H13BrClF4N3O. The SMILES string of the molecule is O=C(c1cccc(C(F)(F)F)c1Cl)N1CCn2c(nc(Br)c2-c2ccc(F)cc2)C1. The van der Waals surface area contributed by atoms with Gasteiger partial charge in [-0.3, -0.25) is 4.79 Å². The number of hydrogen-bond acceptors (Lipinski definition) is 2. The number of aromatic nitrogens is 2. The molecule has 0 bridgehead atoms. The molecular weight excluding hydrogens is 490 g/mol. The first kappa shape index (κ1) is 20.9. The third-order valence-corrected chi connectivity index (χ3v) is 5.83. The van der Waals surface area contributed by atoms with Crippen molar-refractivity contribution in [2.24, 2.45) is 0 Å². The largest absolute Gasteiger partial charge is 0.417 e. The molecule has 0 saturated carbocycles. The Labute approximate surface area is 182 Å². The van der Waals surface area contributed by atoms with E-state index in [4.69, 9.17) is 11.6 Å². The number of halogens is 6. The number of nitrogens with zero attached hydrogens (tertiary/aromatic N) is 3. The first-order valence-electron chi connectivity index (χ1n) is 8.82. The van der Waals surface area contributed by atoms with Crippen LogP contribution in [0.2, 0.25) is 5.02 Å². The van der Waals surface area contributed by atoms with E-state index in [2.05, 4.69) is 20.9 Å². The zero-order valence-electron chi connectivity index (χ0n) is 15.2. The van der Waals surface area contributed by atoms with Crippen molar-refractivity contribution in [1.82, 2.24) is 14.5 Å². The number of rotatable bonds is 2. The molecule has 4 nitrogen and oxygen atoms in total. The van der Waals surface area contributed by atoms with Crippen LogP contribution in [0.3, 0.4) is 0 Å². The Balaban J connectivity index is 1.64. The standard InChI is InChI=1S/C20H13BrClF4N3O/c21-18-17(11-4-6-12(23)7-5-11)29-9-8-28(10-15(29)27-18)19(30)13-2-1-3-14(16(13)22)20(24,25)26/h1-7H,8-10H2. The Morgan fingerprint density at radius 1 is 1.10 bits per heavy atom. The number of hydrogen-bond donors (Lipinski definition) is 0. The lowest BCUT2D eigenvalue weighted by molar-refractivity contribution is -0.137. The maximum Gasteiger partial charge on any atom is 0.417 e. The van der Waals surface area contributed by atoms with Gasteiger partial charge < -0.3 is 9.47 Å². The molecule has 0 saturated heterocycles. The minimum atomic E-state index is -4.65. The number of alkyl halides is 3. The van der Waals surface area contributed by atoms with Crippen LogP contribution in [0.5, 0.6) is 0 Å². The van der Waals surface area contributed by atoms with E-state index in [-0.39, 0.29) is 24.5 Å². The van der Waals surface area contributed by atoms with Gasteiger partial charge >= 0.3 is 6.18 Å². The van der Waals surface area contributed by atoms with Gasteiger partial charge in [0.15, 0.2) is 0 Å². The summed E-state index contributed by atoms with van der Waals surface area (Å²) in [4.78, 5) is 18.7. The maximum atomic E-state index is 13.2. The summed E-state index contributed by atoms with van der Waals surface area (Å²) in [7, 11) is 0. The highest BCUT2D eigenvalue weighted by atomic mass is 79.9. The Morgan fingerprint density at radius 3 is 2.47 bits per heavy atom. The van der Waals surface area contributed by atoms with E-state index < -0.39 is 22.7 Å². The number of fused-ring (bicyclic) bond motifs is 1. The van der Waals surface area contributed by atoms with Gasteiger partial charge in [-0.1, -0.05) is 17.7 Å². The van der Waals surface area contributed by atoms with E-state index in [1.165, 1.54) is 23.1 Å². The van der Waals surface area contributed by atoms with Gasteiger partial charge in [0.05, 0.1) is 28.4 Å². The monoisotopic (exact) mass is 501 g/mol. The summed E-state index contributed by atoms with van der Waals surface area (Å²) < 4.78 is 55.0. The average Bonchev–Trinajstić information content (AvgIpc) is 3.02. The molecule has 2 heterocycles. The number of benzene rings is 2. The van der Waals surface area contributed by atoms with Crippen molar-refractivity contribution in [3.63, 3.8) is 0 Å². The molecule has 156 valence electrons. The van der Waals surface area contributed by atoms with Crippen molar-refractivity contribution in [3.05, 3.63) is 74.9 Å². The third-order valence-electron chi connectivity index (χ3n) is 4.87. The van der Waals surface area contributed by atoms with Crippen molar-refractivity contribution in [3.8, 4) is 11.3 Å². The van der Waals surface area contributed by atoms with E-state index in [0.717, 1.165) is 23.4 Å². The summed E-state index contributed by atoms with van der Waals surface area (Å²) in [6.07, 6.45) is -4.65. The van der Waals surface area contributed by atoms with Gasteiger partial charge in [0, 0.05) is 18.7 Å². The first-order valence-corrected chi connectivity index (χ1v) is 9.99. The van der Waals surface area contributed by atoms with Crippen LogP contribution >= 0.6 is 27.5 Å². The van der Waals surface area contributed by atoms with Gasteiger partial charge in [-0.05, 0) is 52.3 Å². The molecule has 0 N–H and O–H groups in total. The zero-order chi connectivity index (χ0) is 21.6. The van der Waals surface area contributed by atoms with Crippen LogP contribution in [0, 0.1) is 5.82 Å². The second kappa shape index (κ2) is 7.70. The van der Waals surface area contributed by atoms with E-state index in [9.17, 15) is 22.4 Å². The molecule has 0 radical (unpaired) electrons. The molecule has 0 fully saturated rings. The maximum absolute atomic E-state index is 13.2. The number of carbonyl (C=O) groups excluding carboxylic acids is 1. The van der Waals surface area contributed by atoms with Crippen LogP contribution in [0.25, 0.3) is 11.3 Å². The normalized spacial score (nSPS) is 14.0. The summed E-state index contributed by atoms with van der Waals surface area (Å²) in [6, 6.07) is 9.23.